The highest BCUT2D eigenvalue weighted by Crippen LogP contribution is 2.19. The van der Waals surface area contributed by atoms with Crippen LogP contribution in [0.3, 0.4) is 0 Å². The van der Waals surface area contributed by atoms with Gasteiger partial charge in [0.1, 0.15) is 5.82 Å². The van der Waals surface area contributed by atoms with Gasteiger partial charge in [-0.3, -0.25) is 0 Å². The summed E-state index contributed by atoms with van der Waals surface area (Å²) in [4.78, 5) is 4.16. The number of hydrogen-bond donors (Lipinski definition) is 0. The van der Waals surface area contributed by atoms with Crippen LogP contribution in [0.2, 0.25) is 0 Å². The zero-order valence-electron chi connectivity index (χ0n) is 10.4. The van der Waals surface area contributed by atoms with Gasteiger partial charge in [-0.2, -0.15) is 4.31 Å². The quantitative estimate of drug-likeness (QED) is 0.822. The standard InChI is InChI=1S/C11H19N3O2S/c1-3-13-9-11(12-10(13)2)17(15,16)14-7-5-4-6-8-14/h9H,3-8H2,1-2H3. The van der Waals surface area contributed by atoms with Crippen molar-refractivity contribution < 1.29 is 8.42 Å². The van der Waals surface area contributed by atoms with Gasteiger partial charge < -0.3 is 4.57 Å². The summed E-state index contributed by atoms with van der Waals surface area (Å²) in [6, 6.07) is 0. The number of aryl methyl sites for hydroxylation is 2. The van der Waals surface area contributed by atoms with Crippen LogP contribution in [-0.2, 0) is 16.6 Å². The predicted molar refractivity (Wildman–Crippen MR) is 65.2 cm³/mol. The topological polar surface area (TPSA) is 55.2 Å². The molecule has 1 saturated heterocycles. The first-order valence-corrected chi connectivity index (χ1v) is 7.53. The molecular formula is C11H19N3O2S. The highest BCUT2D eigenvalue weighted by molar-refractivity contribution is 7.89. The first kappa shape index (κ1) is 12.6. The first-order valence-electron chi connectivity index (χ1n) is 6.09. The lowest BCUT2D eigenvalue weighted by Gasteiger charge is -2.24. The van der Waals surface area contributed by atoms with Crippen LogP contribution in [0, 0.1) is 6.92 Å². The van der Waals surface area contributed by atoms with E-state index in [-0.39, 0.29) is 5.03 Å². The normalized spacial score (nSPS) is 18.5. The van der Waals surface area contributed by atoms with Crippen molar-refractivity contribution in [2.45, 2.75) is 44.7 Å². The van der Waals surface area contributed by atoms with E-state index < -0.39 is 10.0 Å². The largest absolute Gasteiger partial charge is 0.334 e. The van der Waals surface area contributed by atoms with E-state index >= 15 is 0 Å². The van der Waals surface area contributed by atoms with Gasteiger partial charge in [0.2, 0.25) is 0 Å². The molecule has 0 atom stereocenters. The van der Waals surface area contributed by atoms with Crippen LogP contribution in [0.25, 0.3) is 0 Å². The van der Waals surface area contributed by atoms with Crippen molar-refractivity contribution in [3.63, 3.8) is 0 Å². The number of nitrogens with zero attached hydrogens (tertiary/aromatic N) is 3. The molecule has 0 saturated carbocycles. The SMILES string of the molecule is CCn1cc(S(=O)(=O)N2CCCCC2)nc1C. The Morgan fingerprint density at radius 2 is 1.94 bits per heavy atom. The average molecular weight is 257 g/mol. The summed E-state index contributed by atoms with van der Waals surface area (Å²) in [7, 11) is -3.37. The molecule has 0 spiro atoms. The molecule has 6 heteroatoms. The molecule has 1 aliphatic heterocycles. The molecule has 2 rings (SSSR count). The molecule has 17 heavy (non-hydrogen) atoms. The van der Waals surface area contributed by atoms with Crippen molar-refractivity contribution in [2.75, 3.05) is 13.1 Å². The molecule has 0 aromatic carbocycles. The Labute approximate surface area is 103 Å². The van der Waals surface area contributed by atoms with E-state index in [0.717, 1.165) is 31.6 Å². The molecule has 5 nitrogen and oxygen atoms in total. The lowest BCUT2D eigenvalue weighted by atomic mass is 10.2. The molecule has 2 heterocycles. The number of piperidine rings is 1. The molecule has 0 N–H and O–H groups in total. The van der Waals surface area contributed by atoms with Gasteiger partial charge in [0, 0.05) is 25.8 Å². The predicted octanol–water partition coefficient (Wildman–Crippen LogP) is 1.39. The summed E-state index contributed by atoms with van der Waals surface area (Å²) in [5.41, 5.74) is 0. The fourth-order valence-corrected chi connectivity index (χ4v) is 3.67. The maximum absolute atomic E-state index is 12.3. The number of aromatic nitrogens is 2. The summed E-state index contributed by atoms with van der Waals surface area (Å²) in [5.74, 6) is 0.753. The zero-order chi connectivity index (χ0) is 12.5. The fraction of sp³-hybridized carbons (Fsp3) is 0.727. The van der Waals surface area contributed by atoms with Gasteiger partial charge in [0.15, 0.2) is 5.03 Å². The highest BCUT2D eigenvalue weighted by Gasteiger charge is 2.28. The van der Waals surface area contributed by atoms with E-state index in [1.807, 2.05) is 18.4 Å². The number of rotatable bonds is 3. The van der Waals surface area contributed by atoms with Crippen LogP contribution in [-0.4, -0.2) is 35.4 Å². The number of sulfonamides is 1. The second kappa shape index (κ2) is 4.78. The molecule has 0 aliphatic carbocycles. The molecule has 0 amide bonds. The second-order valence-corrected chi connectivity index (χ2v) is 6.26. The van der Waals surface area contributed by atoms with Crippen LogP contribution in [0.15, 0.2) is 11.2 Å². The Morgan fingerprint density at radius 3 is 2.47 bits per heavy atom. The summed E-state index contributed by atoms with van der Waals surface area (Å²) in [6.45, 7) is 5.81. The van der Waals surface area contributed by atoms with E-state index in [9.17, 15) is 8.42 Å². The second-order valence-electron chi connectivity index (χ2n) is 4.38. The minimum Gasteiger partial charge on any atom is -0.334 e. The van der Waals surface area contributed by atoms with E-state index in [0.29, 0.717) is 13.1 Å². The summed E-state index contributed by atoms with van der Waals surface area (Å²) < 4.78 is 28.0. The van der Waals surface area contributed by atoms with Crippen LogP contribution in [0.4, 0.5) is 0 Å². The number of imidazole rings is 1. The minimum absolute atomic E-state index is 0.193. The Bertz CT molecular complexity index is 487. The minimum atomic E-state index is -3.37. The molecule has 1 aliphatic rings. The summed E-state index contributed by atoms with van der Waals surface area (Å²) in [5, 5.41) is 0.193. The maximum atomic E-state index is 12.3. The van der Waals surface area contributed by atoms with E-state index in [2.05, 4.69) is 4.98 Å². The van der Waals surface area contributed by atoms with E-state index in [4.69, 9.17) is 0 Å². The van der Waals surface area contributed by atoms with Crippen molar-refractivity contribution in [2.24, 2.45) is 0 Å². The maximum Gasteiger partial charge on any atom is 0.262 e. The van der Waals surface area contributed by atoms with Crippen molar-refractivity contribution in [1.82, 2.24) is 13.9 Å². The van der Waals surface area contributed by atoms with Crippen molar-refractivity contribution in [1.29, 1.82) is 0 Å². The molecule has 96 valence electrons. The van der Waals surface area contributed by atoms with E-state index in [1.54, 1.807) is 10.5 Å². The molecule has 0 bridgehead atoms. The third kappa shape index (κ3) is 2.37. The van der Waals surface area contributed by atoms with E-state index in [1.165, 1.54) is 0 Å². The Kier molecular flexibility index (Phi) is 3.53. The first-order chi connectivity index (χ1) is 8.05. The van der Waals surface area contributed by atoms with Crippen LogP contribution in [0.1, 0.15) is 32.0 Å². The third-order valence-corrected chi connectivity index (χ3v) is 4.98. The molecule has 1 aromatic heterocycles. The third-order valence-electron chi connectivity index (χ3n) is 3.21. The van der Waals surface area contributed by atoms with Gasteiger partial charge in [-0.15, -0.1) is 0 Å². The summed E-state index contributed by atoms with van der Waals surface area (Å²) >= 11 is 0. The summed E-state index contributed by atoms with van der Waals surface area (Å²) in [6.07, 6.45) is 4.66. The monoisotopic (exact) mass is 257 g/mol. The van der Waals surface area contributed by atoms with Gasteiger partial charge in [0.05, 0.1) is 0 Å². The van der Waals surface area contributed by atoms with Crippen LogP contribution >= 0.6 is 0 Å². The average Bonchev–Trinajstić information content (AvgIpc) is 2.72. The lowest BCUT2D eigenvalue weighted by Crippen LogP contribution is -2.35. The van der Waals surface area contributed by atoms with Gasteiger partial charge in [-0.1, -0.05) is 6.42 Å². The van der Waals surface area contributed by atoms with Crippen LogP contribution < -0.4 is 0 Å². The Balaban J connectivity index is 2.30. The zero-order valence-corrected chi connectivity index (χ0v) is 11.2. The molecular weight excluding hydrogens is 238 g/mol. The van der Waals surface area contributed by atoms with Gasteiger partial charge in [0.25, 0.3) is 10.0 Å². The molecule has 1 aromatic rings. The van der Waals surface area contributed by atoms with Crippen molar-refractivity contribution in [3.05, 3.63) is 12.0 Å². The Hall–Kier alpha value is -0.880. The van der Waals surface area contributed by atoms with Crippen molar-refractivity contribution >= 4 is 10.0 Å². The molecule has 0 radical (unpaired) electrons. The smallest absolute Gasteiger partial charge is 0.262 e. The lowest BCUT2D eigenvalue weighted by molar-refractivity contribution is 0.345. The Morgan fingerprint density at radius 1 is 1.29 bits per heavy atom. The van der Waals surface area contributed by atoms with Gasteiger partial charge >= 0.3 is 0 Å². The molecule has 1 fully saturated rings. The van der Waals surface area contributed by atoms with Crippen molar-refractivity contribution in [3.8, 4) is 0 Å². The highest BCUT2D eigenvalue weighted by atomic mass is 32.2. The number of hydrogen-bond acceptors (Lipinski definition) is 3. The van der Waals surface area contributed by atoms with Gasteiger partial charge in [-0.05, 0) is 26.7 Å². The van der Waals surface area contributed by atoms with Crippen LogP contribution in [0.5, 0.6) is 0 Å². The fourth-order valence-electron chi connectivity index (χ4n) is 2.16. The van der Waals surface area contributed by atoms with Gasteiger partial charge in [-0.25, -0.2) is 13.4 Å². The molecule has 0 unspecified atom stereocenters.